The maximum atomic E-state index is 11.9. The van der Waals surface area contributed by atoms with Crippen molar-refractivity contribution in [3.63, 3.8) is 0 Å². The molecule has 2 aromatic heterocycles. The van der Waals surface area contributed by atoms with Crippen molar-refractivity contribution < 1.29 is 4.52 Å². The SMILES string of the molecule is C=CCn1ncc(NCc2c(C)noc2C)c(Cl)c1=O. The number of halogens is 1. The summed E-state index contributed by atoms with van der Waals surface area (Å²) in [5.41, 5.74) is 1.88. The third-order valence-corrected chi connectivity index (χ3v) is 3.29. The smallest absolute Gasteiger partial charge is 0.287 e. The average molecular weight is 295 g/mol. The number of rotatable bonds is 5. The number of hydrogen-bond acceptors (Lipinski definition) is 5. The second-order valence-electron chi connectivity index (χ2n) is 4.30. The molecule has 0 aromatic carbocycles. The number of anilines is 1. The summed E-state index contributed by atoms with van der Waals surface area (Å²) in [7, 11) is 0. The van der Waals surface area contributed by atoms with E-state index in [4.69, 9.17) is 16.1 Å². The Balaban J connectivity index is 2.21. The summed E-state index contributed by atoms with van der Waals surface area (Å²) in [6.45, 7) is 8.04. The number of nitrogens with one attached hydrogen (secondary N) is 1. The molecule has 0 fully saturated rings. The molecule has 0 radical (unpaired) electrons. The zero-order chi connectivity index (χ0) is 14.7. The van der Waals surface area contributed by atoms with Crippen LogP contribution in [-0.2, 0) is 13.1 Å². The zero-order valence-electron chi connectivity index (χ0n) is 11.3. The lowest BCUT2D eigenvalue weighted by Gasteiger charge is -2.09. The minimum Gasteiger partial charge on any atom is -0.378 e. The molecule has 0 aliphatic heterocycles. The molecule has 2 rings (SSSR count). The predicted octanol–water partition coefficient (Wildman–Crippen LogP) is 2.30. The van der Waals surface area contributed by atoms with E-state index in [0.717, 1.165) is 17.0 Å². The number of aryl methyl sites for hydroxylation is 2. The molecule has 2 aromatic rings. The van der Waals surface area contributed by atoms with Crippen LogP contribution < -0.4 is 10.9 Å². The largest absolute Gasteiger partial charge is 0.378 e. The molecule has 106 valence electrons. The van der Waals surface area contributed by atoms with Crippen LogP contribution in [0.1, 0.15) is 17.0 Å². The van der Waals surface area contributed by atoms with Gasteiger partial charge in [0.25, 0.3) is 5.56 Å². The lowest BCUT2D eigenvalue weighted by molar-refractivity contribution is 0.392. The van der Waals surface area contributed by atoms with Crippen LogP contribution in [0, 0.1) is 13.8 Å². The highest BCUT2D eigenvalue weighted by atomic mass is 35.5. The first-order chi connectivity index (χ1) is 9.54. The van der Waals surface area contributed by atoms with E-state index in [-0.39, 0.29) is 10.6 Å². The van der Waals surface area contributed by atoms with Gasteiger partial charge in [-0.05, 0) is 13.8 Å². The molecule has 7 heteroatoms. The van der Waals surface area contributed by atoms with Gasteiger partial charge in [0, 0.05) is 12.1 Å². The van der Waals surface area contributed by atoms with E-state index in [9.17, 15) is 4.79 Å². The van der Waals surface area contributed by atoms with Crippen LogP contribution in [0.4, 0.5) is 5.69 Å². The Hall–Kier alpha value is -2.08. The van der Waals surface area contributed by atoms with E-state index >= 15 is 0 Å². The van der Waals surface area contributed by atoms with E-state index in [2.05, 4.69) is 22.2 Å². The van der Waals surface area contributed by atoms with E-state index in [0.29, 0.717) is 18.8 Å². The molecular formula is C13H15ClN4O2. The predicted molar refractivity (Wildman–Crippen MR) is 77.0 cm³/mol. The summed E-state index contributed by atoms with van der Waals surface area (Å²) >= 11 is 6.04. The van der Waals surface area contributed by atoms with Crippen LogP contribution in [0.25, 0.3) is 0 Å². The Morgan fingerprint density at radius 1 is 1.55 bits per heavy atom. The van der Waals surface area contributed by atoms with Gasteiger partial charge in [-0.2, -0.15) is 5.10 Å². The minimum absolute atomic E-state index is 0.105. The maximum absolute atomic E-state index is 11.9. The van der Waals surface area contributed by atoms with Crippen LogP contribution in [0.2, 0.25) is 5.02 Å². The third-order valence-electron chi connectivity index (χ3n) is 2.92. The fraction of sp³-hybridized carbons (Fsp3) is 0.308. The average Bonchev–Trinajstić information content (AvgIpc) is 2.74. The molecule has 1 N–H and O–H groups in total. The number of allylic oxidation sites excluding steroid dienone is 1. The highest BCUT2D eigenvalue weighted by Gasteiger charge is 2.12. The molecule has 0 atom stereocenters. The molecule has 6 nitrogen and oxygen atoms in total. The molecule has 0 aliphatic carbocycles. The monoisotopic (exact) mass is 294 g/mol. The fourth-order valence-corrected chi connectivity index (χ4v) is 1.99. The highest BCUT2D eigenvalue weighted by molar-refractivity contribution is 6.32. The first kappa shape index (κ1) is 14.3. The van der Waals surface area contributed by atoms with Crippen molar-refractivity contribution in [2.75, 3.05) is 5.32 Å². The molecular weight excluding hydrogens is 280 g/mol. The molecule has 0 amide bonds. The zero-order valence-corrected chi connectivity index (χ0v) is 12.1. The number of aromatic nitrogens is 3. The first-order valence-corrected chi connectivity index (χ1v) is 6.44. The fourth-order valence-electron chi connectivity index (χ4n) is 1.78. The molecule has 0 unspecified atom stereocenters. The van der Waals surface area contributed by atoms with Crippen molar-refractivity contribution in [2.24, 2.45) is 0 Å². The van der Waals surface area contributed by atoms with E-state index in [1.54, 1.807) is 6.08 Å². The van der Waals surface area contributed by atoms with Gasteiger partial charge in [0.2, 0.25) is 0 Å². The van der Waals surface area contributed by atoms with Crippen molar-refractivity contribution in [3.05, 3.63) is 51.2 Å². The van der Waals surface area contributed by atoms with Crippen LogP contribution in [-0.4, -0.2) is 14.9 Å². The molecule has 0 spiro atoms. The standard InChI is InChI=1S/C13H15ClN4O2/c1-4-5-18-13(19)12(14)11(7-16-18)15-6-10-8(2)17-20-9(10)3/h4,7,15H,1,5-6H2,2-3H3. The van der Waals surface area contributed by atoms with E-state index < -0.39 is 0 Å². The van der Waals surface area contributed by atoms with Crippen molar-refractivity contribution in [3.8, 4) is 0 Å². The Morgan fingerprint density at radius 2 is 2.30 bits per heavy atom. The van der Waals surface area contributed by atoms with Crippen LogP contribution in [0.15, 0.2) is 28.2 Å². The summed E-state index contributed by atoms with van der Waals surface area (Å²) in [6, 6.07) is 0. The summed E-state index contributed by atoms with van der Waals surface area (Å²) in [4.78, 5) is 11.9. The van der Waals surface area contributed by atoms with Gasteiger partial charge in [0.1, 0.15) is 10.8 Å². The Kier molecular flexibility index (Phi) is 4.24. The van der Waals surface area contributed by atoms with Gasteiger partial charge in [-0.15, -0.1) is 6.58 Å². The lowest BCUT2D eigenvalue weighted by atomic mass is 10.2. The van der Waals surface area contributed by atoms with Crippen molar-refractivity contribution in [1.82, 2.24) is 14.9 Å². The Labute approximate surface area is 121 Å². The van der Waals surface area contributed by atoms with Gasteiger partial charge in [-0.1, -0.05) is 22.8 Å². The minimum atomic E-state index is -0.352. The summed E-state index contributed by atoms with van der Waals surface area (Å²) < 4.78 is 6.32. The van der Waals surface area contributed by atoms with Gasteiger partial charge in [-0.25, -0.2) is 4.68 Å². The van der Waals surface area contributed by atoms with Gasteiger partial charge in [0.05, 0.1) is 24.1 Å². The van der Waals surface area contributed by atoms with Crippen LogP contribution in [0.5, 0.6) is 0 Å². The Morgan fingerprint density at radius 3 is 2.90 bits per heavy atom. The van der Waals surface area contributed by atoms with Crippen molar-refractivity contribution in [2.45, 2.75) is 26.9 Å². The van der Waals surface area contributed by atoms with Gasteiger partial charge >= 0.3 is 0 Å². The van der Waals surface area contributed by atoms with Gasteiger partial charge in [0.15, 0.2) is 0 Å². The molecule has 0 bridgehead atoms. The topological polar surface area (TPSA) is 73.0 Å². The second-order valence-corrected chi connectivity index (χ2v) is 4.68. The number of hydrogen-bond donors (Lipinski definition) is 1. The number of nitrogens with zero attached hydrogens (tertiary/aromatic N) is 3. The molecule has 2 heterocycles. The lowest BCUT2D eigenvalue weighted by Crippen LogP contribution is -2.23. The van der Waals surface area contributed by atoms with E-state index in [1.165, 1.54) is 10.9 Å². The van der Waals surface area contributed by atoms with Crippen LogP contribution >= 0.6 is 11.6 Å². The molecule has 0 aliphatic rings. The third kappa shape index (κ3) is 2.75. The Bertz CT molecular complexity index is 671. The quantitative estimate of drug-likeness (QED) is 0.857. The highest BCUT2D eigenvalue weighted by Crippen LogP contribution is 2.19. The molecule has 0 saturated heterocycles. The molecule has 20 heavy (non-hydrogen) atoms. The van der Waals surface area contributed by atoms with Gasteiger partial charge in [-0.3, -0.25) is 4.79 Å². The van der Waals surface area contributed by atoms with Crippen molar-refractivity contribution in [1.29, 1.82) is 0 Å². The summed E-state index contributed by atoms with van der Waals surface area (Å²) in [5, 5.41) is 11.1. The maximum Gasteiger partial charge on any atom is 0.287 e. The van der Waals surface area contributed by atoms with Crippen molar-refractivity contribution >= 4 is 17.3 Å². The summed E-state index contributed by atoms with van der Waals surface area (Å²) in [6.07, 6.45) is 3.10. The molecule has 0 saturated carbocycles. The second kappa shape index (κ2) is 5.92. The normalized spacial score (nSPS) is 10.6. The van der Waals surface area contributed by atoms with E-state index in [1.807, 2.05) is 13.8 Å². The van der Waals surface area contributed by atoms with Crippen LogP contribution in [0.3, 0.4) is 0 Å². The summed E-state index contributed by atoms with van der Waals surface area (Å²) in [5.74, 6) is 0.735. The van der Waals surface area contributed by atoms with Gasteiger partial charge < -0.3 is 9.84 Å². The first-order valence-electron chi connectivity index (χ1n) is 6.06.